The predicted molar refractivity (Wildman–Crippen MR) is 53.6 cm³/mol. The lowest BCUT2D eigenvalue weighted by molar-refractivity contribution is -0.118. The van der Waals surface area contributed by atoms with Crippen LogP contribution in [0.5, 0.6) is 0 Å². The van der Waals surface area contributed by atoms with Gasteiger partial charge in [-0.25, -0.2) is 4.99 Å². The van der Waals surface area contributed by atoms with Crippen molar-refractivity contribution >= 4 is 39.6 Å². The number of carbonyl (C=O) groups is 1. The zero-order valence-electron chi connectivity index (χ0n) is 6.35. The van der Waals surface area contributed by atoms with Crippen molar-refractivity contribution in [3.63, 3.8) is 0 Å². The molecule has 2 aliphatic rings. The van der Waals surface area contributed by atoms with E-state index in [0.717, 1.165) is 5.04 Å². The topological polar surface area (TPSA) is 41.8 Å². The summed E-state index contributed by atoms with van der Waals surface area (Å²) in [5.41, 5.74) is 0. The Morgan fingerprint density at radius 3 is 3.17 bits per heavy atom. The van der Waals surface area contributed by atoms with Gasteiger partial charge >= 0.3 is 0 Å². The minimum atomic E-state index is -0.189. The monoisotopic (exact) mass is 198 g/mol. The highest BCUT2D eigenvalue weighted by atomic mass is 32.2. The standard InChI is InChI=1S/C7H6N2OS2/c1-11-7-8-5(10)4-2-3-12-6(4)9-7/h2-4H,1H3. The zero-order chi connectivity index (χ0) is 8.55. The van der Waals surface area contributed by atoms with E-state index in [2.05, 4.69) is 9.98 Å². The van der Waals surface area contributed by atoms with Crippen molar-refractivity contribution in [1.29, 1.82) is 0 Å². The number of fused-ring (bicyclic) bond motifs is 1. The third-order valence-corrected chi connectivity index (χ3v) is 3.01. The molecular weight excluding hydrogens is 192 g/mol. The van der Waals surface area contributed by atoms with Gasteiger partial charge in [0.15, 0.2) is 5.17 Å². The van der Waals surface area contributed by atoms with Crippen molar-refractivity contribution < 1.29 is 4.79 Å². The number of thioether (sulfide) groups is 2. The molecule has 0 aromatic heterocycles. The molecule has 0 aliphatic carbocycles. The zero-order valence-corrected chi connectivity index (χ0v) is 7.98. The first kappa shape index (κ1) is 8.07. The largest absolute Gasteiger partial charge is 0.271 e. The van der Waals surface area contributed by atoms with Crippen LogP contribution >= 0.6 is 23.5 Å². The fourth-order valence-electron chi connectivity index (χ4n) is 1.00. The molecule has 0 aromatic carbocycles. The SMILES string of the molecule is CSC1=NC(=O)C2C=CSC2=N1. The fourth-order valence-corrected chi connectivity index (χ4v) is 2.27. The third-order valence-electron chi connectivity index (χ3n) is 1.59. The molecule has 0 saturated carbocycles. The fraction of sp³-hybridized carbons (Fsp3) is 0.286. The lowest BCUT2D eigenvalue weighted by atomic mass is 10.1. The van der Waals surface area contributed by atoms with E-state index in [1.54, 1.807) is 0 Å². The molecule has 62 valence electrons. The molecular formula is C7H6N2OS2. The van der Waals surface area contributed by atoms with Crippen LogP contribution in [0.15, 0.2) is 21.5 Å². The van der Waals surface area contributed by atoms with Crippen molar-refractivity contribution in [3.05, 3.63) is 11.5 Å². The predicted octanol–water partition coefficient (Wildman–Crippen LogP) is 1.52. The van der Waals surface area contributed by atoms with E-state index in [0.29, 0.717) is 5.17 Å². The average molecular weight is 198 g/mol. The van der Waals surface area contributed by atoms with Gasteiger partial charge < -0.3 is 0 Å². The molecule has 12 heavy (non-hydrogen) atoms. The number of aliphatic imine (C=N–C) groups is 2. The van der Waals surface area contributed by atoms with Crippen molar-refractivity contribution in [2.24, 2.45) is 15.9 Å². The van der Waals surface area contributed by atoms with Gasteiger partial charge in [-0.15, -0.1) is 0 Å². The van der Waals surface area contributed by atoms with Gasteiger partial charge in [0, 0.05) is 0 Å². The van der Waals surface area contributed by atoms with Gasteiger partial charge in [-0.3, -0.25) is 4.79 Å². The van der Waals surface area contributed by atoms with E-state index in [1.807, 2.05) is 17.7 Å². The molecule has 1 unspecified atom stereocenters. The molecule has 2 aliphatic heterocycles. The molecule has 0 fully saturated rings. The molecule has 0 radical (unpaired) electrons. The van der Waals surface area contributed by atoms with Crippen LogP contribution in [0.2, 0.25) is 0 Å². The van der Waals surface area contributed by atoms with Crippen LogP contribution in [-0.4, -0.2) is 22.4 Å². The second-order valence-electron chi connectivity index (χ2n) is 2.31. The lowest BCUT2D eigenvalue weighted by Gasteiger charge is -2.10. The van der Waals surface area contributed by atoms with Crippen molar-refractivity contribution in [2.75, 3.05) is 6.26 Å². The maximum Gasteiger partial charge on any atom is 0.261 e. The second kappa shape index (κ2) is 3.06. The molecule has 0 aromatic rings. The van der Waals surface area contributed by atoms with Crippen LogP contribution in [0, 0.1) is 5.92 Å². The second-order valence-corrected chi connectivity index (χ2v) is 4.01. The van der Waals surface area contributed by atoms with Gasteiger partial charge in [-0.2, -0.15) is 4.99 Å². The number of hydrogen-bond donors (Lipinski definition) is 0. The smallest absolute Gasteiger partial charge is 0.261 e. The Kier molecular flexibility index (Phi) is 2.06. The highest BCUT2D eigenvalue weighted by Gasteiger charge is 2.29. The van der Waals surface area contributed by atoms with Crippen LogP contribution in [0.3, 0.4) is 0 Å². The number of amidine groups is 1. The Morgan fingerprint density at radius 1 is 1.58 bits per heavy atom. The van der Waals surface area contributed by atoms with Gasteiger partial charge in [0.2, 0.25) is 0 Å². The van der Waals surface area contributed by atoms with E-state index in [1.165, 1.54) is 23.5 Å². The van der Waals surface area contributed by atoms with Crippen LogP contribution in [0.4, 0.5) is 0 Å². The van der Waals surface area contributed by atoms with Crippen molar-refractivity contribution in [2.45, 2.75) is 0 Å². The summed E-state index contributed by atoms with van der Waals surface area (Å²) >= 11 is 2.90. The Bertz CT molecular complexity index is 319. The summed E-state index contributed by atoms with van der Waals surface area (Å²) in [5, 5.41) is 3.32. The maximum absolute atomic E-state index is 11.3. The molecule has 2 rings (SSSR count). The summed E-state index contributed by atoms with van der Waals surface area (Å²) < 4.78 is 0. The highest BCUT2D eigenvalue weighted by Crippen LogP contribution is 2.29. The summed E-state index contributed by atoms with van der Waals surface area (Å²) in [4.78, 5) is 19.4. The highest BCUT2D eigenvalue weighted by molar-refractivity contribution is 8.17. The van der Waals surface area contributed by atoms with Gasteiger partial charge in [-0.1, -0.05) is 29.6 Å². The van der Waals surface area contributed by atoms with Gasteiger partial charge in [-0.05, 0) is 11.7 Å². The molecule has 0 saturated heterocycles. The maximum atomic E-state index is 11.3. The normalized spacial score (nSPS) is 26.8. The van der Waals surface area contributed by atoms with Crippen molar-refractivity contribution in [1.82, 2.24) is 0 Å². The summed E-state index contributed by atoms with van der Waals surface area (Å²) in [6.07, 6.45) is 3.70. The molecule has 0 spiro atoms. The van der Waals surface area contributed by atoms with Crippen LogP contribution in [-0.2, 0) is 4.79 Å². The van der Waals surface area contributed by atoms with Gasteiger partial charge in [0.1, 0.15) is 5.92 Å². The summed E-state index contributed by atoms with van der Waals surface area (Å²) in [6, 6.07) is 0. The number of amides is 1. The molecule has 1 amide bonds. The van der Waals surface area contributed by atoms with E-state index in [9.17, 15) is 4.79 Å². The molecule has 0 N–H and O–H groups in total. The first-order valence-corrected chi connectivity index (χ1v) is 5.50. The van der Waals surface area contributed by atoms with E-state index in [4.69, 9.17) is 0 Å². The molecule has 0 bridgehead atoms. The summed E-state index contributed by atoms with van der Waals surface area (Å²) in [5.74, 6) is -0.281. The minimum absolute atomic E-state index is 0.0920. The summed E-state index contributed by atoms with van der Waals surface area (Å²) in [6.45, 7) is 0. The molecule has 2 heterocycles. The number of hydrogen-bond acceptors (Lipinski definition) is 4. The van der Waals surface area contributed by atoms with Gasteiger partial charge in [0.05, 0.1) is 5.04 Å². The Morgan fingerprint density at radius 2 is 2.42 bits per heavy atom. The van der Waals surface area contributed by atoms with E-state index >= 15 is 0 Å². The third kappa shape index (κ3) is 1.23. The van der Waals surface area contributed by atoms with Crippen LogP contribution in [0.25, 0.3) is 0 Å². The lowest BCUT2D eigenvalue weighted by Crippen LogP contribution is -2.21. The summed E-state index contributed by atoms with van der Waals surface area (Å²) in [7, 11) is 0. The molecule has 5 heteroatoms. The Hall–Kier alpha value is -0.550. The number of rotatable bonds is 0. The number of nitrogens with zero attached hydrogens (tertiary/aromatic N) is 2. The quantitative estimate of drug-likeness (QED) is 0.592. The Labute approximate surface area is 78.4 Å². The Balaban J connectivity index is 2.34. The van der Waals surface area contributed by atoms with Crippen LogP contribution < -0.4 is 0 Å². The van der Waals surface area contributed by atoms with Gasteiger partial charge in [0.25, 0.3) is 5.91 Å². The molecule has 3 nitrogen and oxygen atoms in total. The number of carbonyl (C=O) groups excluding carboxylic acids is 1. The average Bonchev–Trinajstić information content (AvgIpc) is 2.52. The van der Waals surface area contributed by atoms with Crippen molar-refractivity contribution in [3.8, 4) is 0 Å². The minimum Gasteiger partial charge on any atom is -0.271 e. The first-order valence-electron chi connectivity index (χ1n) is 3.39. The van der Waals surface area contributed by atoms with E-state index < -0.39 is 0 Å². The van der Waals surface area contributed by atoms with E-state index in [-0.39, 0.29) is 11.8 Å². The molecule has 1 atom stereocenters. The first-order chi connectivity index (χ1) is 5.81. The van der Waals surface area contributed by atoms with Crippen LogP contribution in [0.1, 0.15) is 0 Å².